The molecular formula is C22H21Cl2NO2. The topological polar surface area (TPSA) is 42.1 Å². The summed E-state index contributed by atoms with van der Waals surface area (Å²) in [5, 5.41) is 2.25. The molecule has 5 heteroatoms. The van der Waals surface area contributed by atoms with E-state index < -0.39 is 0 Å². The molecule has 1 aromatic heterocycles. The van der Waals surface area contributed by atoms with Crippen LogP contribution in [0.1, 0.15) is 29.7 Å². The molecule has 0 radical (unpaired) electrons. The molecule has 0 aliphatic heterocycles. The molecule has 0 saturated carbocycles. The van der Waals surface area contributed by atoms with E-state index in [-0.39, 0.29) is 11.9 Å². The molecule has 1 aliphatic carbocycles. The molecular weight excluding hydrogens is 381 g/mol. The molecule has 0 amide bonds. The van der Waals surface area contributed by atoms with Crippen molar-refractivity contribution in [2.45, 2.75) is 32.1 Å². The molecule has 3 aromatic rings. The van der Waals surface area contributed by atoms with Gasteiger partial charge in [0, 0.05) is 16.1 Å². The van der Waals surface area contributed by atoms with Gasteiger partial charge >= 0.3 is 5.97 Å². The quantitative estimate of drug-likeness (QED) is 0.436. The Morgan fingerprint density at radius 3 is 2.81 bits per heavy atom. The highest BCUT2D eigenvalue weighted by Crippen LogP contribution is 2.36. The predicted molar refractivity (Wildman–Crippen MR) is 110 cm³/mol. The molecule has 27 heavy (non-hydrogen) atoms. The van der Waals surface area contributed by atoms with E-state index in [4.69, 9.17) is 27.9 Å². The second-order valence-electron chi connectivity index (χ2n) is 7.09. The Labute approximate surface area is 168 Å². The minimum Gasteiger partial charge on any atom is -0.465 e. The van der Waals surface area contributed by atoms with Crippen molar-refractivity contribution in [3.63, 3.8) is 0 Å². The zero-order valence-corrected chi connectivity index (χ0v) is 16.4. The van der Waals surface area contributed by atoms with Gasteiger partial charge in [0.05, 0.1) is 23.1 Å². The third kappa shape index (κ3) is 3.99. The number of ether oxygens (including phenoxy) is 1. The number of hydrogen-bond donors (Lipinski definition) is 1. The van der Waals surface area contributed by atoms with Gasteiger partial charge in [-0.05, 0) is 55.4 Å². The van der Waals surface area contributed by atoms with E-state index in [0.29, 0.717) is 23.1 Å². The molecule has 1 N–H and O–H groups in total. The molecule has 1 aliphatic rings. The van der Waals surface area contributed by atoms with Crippen LogP contribution in [0.15, 0.2) is 42.5 Å². The Bertz CT molecular complexity index is 965. The van der Waals surface area contributed by atoms with Crippen LogP contribution in [-0.2, 0) is 28.8 Å². The van der Waals surface area contributed by atoms with Crippen LogP contribution in [0.2, 0.25) is 10.0 Å². The smallest absolute Gasteiger partial charge is 0.309 e. The molecule has 2 aromatic carbocycles. The van der Waals surface area contributed by atoms with Crippen molar-refractivity contribution in [2.75, 3.05) is 6.61 Å². The number of H-pyrrole nitrogens is 1. The zero-order chi connectivity index (χ0) is 18.8. The number of carbonyl (C=O) groups excluding carboxylic acids is 1. The Kier molecular flexibility index (Phi) is 5.42. The third-order valence-electron chi connectivity index (χ3n) is 5.24. The van der Waals surface area contributed by atoms with Crippen LogP contribution < -0.4 is 0 Å². The van der Waals surface area contributed by atoms with Crippen molar-refractivity contribution in [3.8, 4) is 0 Å². The summed E-state index contributed by atoms with van der Waals surface area (Å²) in [4.78, 5) is 15.9. The molecule has 1 unspecified atom stereocenters. The van der Waals surface area contributed by atoms with Gasteiger partial charge in [0.1, 0.15) is 0 Å². The summed E-state index contributed by atoms with van der Waals surface area (Å²) in [6.07, 6.45) is 4.04. The molecule has 3 nitrogen and oxygen atoms in total. The molecule has 4 rings (SSSR count). The van der Waals surface area contributed by atoms with Crippen molar-refractivity contribution in [1.29, 1.82) is 0 Å². The fourth-order valence-corrected chi connectivity index (χ4v) is 4.39. The number of carbonyl (C=O) groups is 1. The van der Waals surface area contributed by atoms with E-state index in [1.807, 2.05) is 24.3 Å². The van der Waals surface area contributed by atoms with E-state index in [2.05, 4.69) is 17.1 Å². The number of aryl methyl sites for hydroxylation is 2. The number of rotatable bonds is 5. The Morgan fingerprint density at radius 1 is 1.19 bits per heavy atom. The van der Waals surface area contributed by atoms with Gasteiger partial charge in [0.2, 0.25) is 0 Å². The highest BCUT2D eigenvalue weighted by molar-refractivity contribution is 6.38. The van der Waals surface area contributed by atoms with Crippen LogP contribution in [-0.4, -0.2) is 17.6 Å². The normalized spacial score (nSPS) is 16.3. The van der Waals surface area contributed by atoms with Gasteiger partial charge in [-0.15, -0.1) is 0 Å². The Morgan fingerprint density at radius 2 is 2.00 bits per heavy atom. The summed E-state index contributed by atoms with van der Waals surface area (Å²) in [5.41, 5.74) is 4.47. The number of fused-ring (bicyclic) bond motifs is 3. The number of esters is 1. The first-order valence-corrected chi connectivity index (χ1v) is 10.1. The molecule has 0 saturated heterocycles. The summed E-state index contributed by atoms with van der Waals surface area (Å²) in [6, 6.07) is 13.9. The molecule has 0 spiro atoms. The summed E-state index contributed by atoms with van der Waals surface area (Å²) >= 11 is 12.5. The van der Waals surface area contributed by atoms with Crippen LogP contribution in [0.3, 0.4) is 0 Å². The highest BCUT2D eigenvalue weighted by Gasteiger charge is 2.29. The molecule has 1 atom stereocenters. The predicted octanol–water partition coefficient (Wildman–Crippen LogP) is 5.76. The summed E-state index contributed by atoms with van der Waals surface area (Å²) < 4.78 is 5.55. The lowest BCUT2D eigenvalue weighted by molar-refractivity contribution is -0.149. The van der Waals surface area contributed by atoms with Gasteiger partial charge in [0.25, 0.3) is 0 Å². The largest absolute Gasteiger partial charge is 0.465 e. The van der Waals surface area contributed by atoms with E-state index in [9.17, 15) is 4.79 Å². The summed E-state index contributed by atoms with van der Waals surface area (Å²) in [6.45, 7) is 0.461. The Hall–Kier alpha value is -1.97. The van der Waals surface area contributed by atoms with Crippen LogP contribution in [0.25, 0.3) is 10.9 Å². The highest BCUT2D eigenvalue weighted by atomic mass is 35.5. The molecule has 0 fully saturated rings. The number of nitrogens with one attached hydrogen (secondary N) is 1. The van der Waals surface area contributed by atoms with Crippen LogP contribution in [0, 0.1) is 5.92 Å². The second kappa shape index (κ2) is 7.95. The lowest BCUT2D eigenvalue weighted by Gasteiger charge is -2.21. The summed E-state index contributed by atoms with van der Waals surface area (Å²) in [5.74, 6) is -0.206. The van der Waals surface area contributed by atoms with Crippen molar-refractivity contribution in [2.24, 2.45) is 5.92 Å². The van der Waals surface area contributed by atoms with Gasteiger partial charge < -0.3 is 9.72 Å². The van der Waals surface area contributed by atoms with E-state index in [1.54, 1.807) is 6.07 Å². The zero-order valence-electron chi connectivity index (χ0n) is 14.9. The number of aromatic amines is 1. The number of aromatic nitrogens is 1. The SMILES string of the molecule is O=C(OCCCc1ccccc1)C1CCc2[nH]c3c(Cl)cc(Cl)cc3c2C1. The first-order valence-electron chi connectivity index (χ1n) is 9.31. The number of hydrogen-bond acceptors (Lipinski definition) is 2. The van der Waals surface area contributed by atoms with Crippen molar-refractivity contribution < 1.29 is 9.53 Å². The molecule has 0 bridgehead atoms. The standard InChI is InChI=1S/C22H21Cl2NO2/c23-16-12-18-17-11-15(8-9-20(17)25-21(18)19(24)13-16)22(26)27-10-4-7-14-5-2-1-3-6-14/h1-3,5-6,12-13,15,25H,4,7-11H2. The molecule has 1 heterocycles. The molecule has 140 valence electrons. The minimum absolute atomic E-state index is 0.101. The average Bonchev–Trinajstić information content (AvgIpc) is 3.04. The average molecular weight is 402 g/mol. The maximum atomic E-state index is 12.5. The van der Waals surface area contributed by atoms with Crippen molar-refractivity contribution >= 4 is 40.1 Å². The monoisotopic (exact) mass is 401 g/mol. The number of halogens is 2. The Balaban J connectivity index is 1.38. The first kappa shape index (κ1) is 18.4. The number of benzene rings is 2. The van der Waals surface area contributed by atoms with Gasteiger partial charge in [-0.25, -0.2) is 0 Å². The van der Waals surface area contributed by atoms with Gasteiger partial charge in [-0.2, -0.15) is 0 Å². The first-order chi connectivity index (χ1) is 13.1. The fraction of sp³-hybridized carbons (Fsp3) is 0.318. The van der Waals surface area contributed by atoms with Crippen molar-refractivity contribution in [1.82, 2.24) is 4.98 Å². The van der Waals surface area contributed by atoms with Crippen LogP contribution >= 0.6 is 23.2 Å². The van der Waals surface area contributed by atoms with Crippen LogP contribution in [0.5, 0.6) is 0 Å². The van der Waals surface area contributed by atoms with Gasteiger partial charge in [0.15, 0.2) is 0 Å². The lowest BCUT2D eigenvalue weighted by Crippen LogP contribution is -2.24. The van der Waals surface area contributed by atoms with E-state index in [1.165, 1.54) is 5.56 Å². The maximum absolute atomic E-state index is 12.5. The van der Waals surface area contributed by atoms with Gasteiger partial charge in [-0.1, -0.05) is 53.5 Å². The van der Waals surface area contributed by atoms with E-state index >= 15 is 0 Å². The minimum atomic E-state index is -0.106. The van der Waals surface area contributed by atoms with Crippen molar-refractivity contribution in [3.05, 3.63) is 69.3 Å². The second-order valence-corrected chi connectivity index (χ2v) is 7.93. The maximum Gasteiger partial charge on any atom is 0.309 e. The van der Waals surface area contributed by atoms with E-state index in [0.717, 1.165) is 47.8 Å². The fourth-order valence-electron chi connectivity index (χ4n) is 3.85. The summed E-state index contributed by atoms with van der Waals surface area (Å²) in [7, 11) is 0. The lowest BCUT2D eigenvalue weighted by atomic mass is 9.86. The third-order valence-corrected chi connectivity index (χ3v) is 5.76. The van der Waals surface area contributed by atoms with Gasteiger partial charge in [-0.3, -0.25) is 4.79 Å². The van der Waals surface area contributed by atoms with Crippen LogP contribution in [0.4, 0.5) is 0 Å².